The molecule has 0 amide bonds. The highest BCUT2D eigenvalue weighted by atomic mass is 16.3. The molecule has 0 aliphatic heterocycles. The summed E-state index contributed by atoms with van der Waals surface area (Å²) in [5.74, 6) is -1.30. The van der Waals surface area contributed by atoms with Crippen molar-refractivity contribution >= 4 is 5.78 Å². The Morgan fingerprint density at radius 1 is 0.815 bits per heavy atom. The molecule has 0 saturated carbocycles. The number of hydrogen-bond donors (Lipinski definition) is 4. The standard InChI is InChI=1S/C22H36O5/c1-2-17(23)13-11-9-7-5-3-4-6-8-10-12-14-19(25)22-20(26)15-18(24)16-21(22)27/h15-17,23-24,26-27H,2-14H2,1H3/t17-/m0/s1. The molecule has 0 spiro atoms. The minimum Gasteiger partial charge on any atom is -0.508 e. The van der Waals surface area contributed by atoms with Crippen molar-refractivity contribution in [2.45, 2.75) is 96.5 Å². The Labute approximate surface area is 163 Å². The van der Waals surface area contributed by atoms with Gasteiger partial charge in [0.1, 0.15) is 22.8 Å². The van der Waals surface area contributed by atoms with E-state index in [1.807, 2.05) is 6.92 Å². The van der Waals surface area contributed by atoms with Gasteiger partial charge in [0.25, 0.3) is 0 Å². The van der Waals surface area contributed by atoms with Gasteiger partial charge in [-0.1, -0.05) is 64.7 Å². The number of hydrogen-bond acceptors (Lipinski definition) is 5. The van der Waals surface area contributed by atoms with Gasteiger partial charge in [0.05, 0.1) is 6.10 Å². The largest absolute Gasteiger partial charge is 0.508 e. The Hall–Kier alpha value is -1.75. The van der Waals surface area contributed by atoms with E-state index in [0.29, 0.717) is 0 Å². The van der Waals surface area contributed by atoms with Crippen molar-refractivity contribution < 1.29 is 25.2 Å². The van der Waals surface area contributed by atoms with E-state index in [1.54, 1.807) is 0 Å². The van der Waals surface area contributed by atoms with Crippen LogP contribution < -0.4 is 0 Å². The smallest absolute Gasteiger partial charge is 0.170 e. The molecule has 1 aromatic carbocycles. The van der Waals surface area contributed by atoms with Crippen LogP contribution >= 0.6 is 0 Å². The first-order valence-electron chi connectivity index (χ1n) is 10.4. The van der Waals surface area contributed by atoms with Crippen LogP contribution in [-0.4, -0.2) is 32.3 Å². The highest BCUT2D eigenvalue weighted by Crippen LogP contribution is 2.33. The lowest BCUT2D eigenvalue weighted by molar-refractivity contribution is 0.0973. The average molecular weight is 381 g/mol. The fourth-order valence-electron chi connectivity index (χ4n) is 3.29. The van der Waals surface area contributed by atoms with E-state index < -0.39 is 0 Å². The highest BCUT2D eigenvalue weighted by Gasteiger charge is 2.17. The molecule has 0 aromatic heterocycles. The van der Waals surface area contributed by atoms with Crippen molar-refractivity contribution in [1.82, 2.24) is 0 Å². The van der Waals surface area contributed by atoms with E-state index in [2.05, 4.69) is 0 Å². The van der Waals surface area contributed by atoms with Gasteiger partial charge in [-0.2, -0.15) is 0 Å². The third kappa shape index (κ3) is 9.66. The number of ketones is 1. The molecule has 5 nitrogen and oxygen atoms in total. The van der Waals surface area contributed by atoms with Crippen LogP contribution in [0.5, 0.6) is 17.2 Å². The van der Waals surface area contributed by atoms with Gasteiger partial charge in [-0.15, -0.1) is 0 Å². The van der Waals surface area contributed by atoms with Crippen LogP contribution in [0.3, 0.4) is 0 Å². The van der Waals surface area contributed by atoms with E-state index >= 15 is 0 Å². The minimum absolute atomic E-state index is 0.0979. The number of benzene rings is 1. The second kappa shape index (κ2) is 13.4. The Morgan fingerprint density at radius 2 is 1.26 bits per heavy atom. The predicted octanol–water partition coefficient (Wildman–Crippen LogP) is 5.44. The number of rotatable bonds is 15. The molecule has 0 bridgehead atoms. The Morgan fingerprint density at radius 3 is 1.74 bits per heavy atom. The summed E-state index contributed by atoms with van der Waals surface area (Å²) in [5, 5.41) is 38.2. The molecule has 0 aliphatic rings. The summed E-state index contributed by atoms with van der Waals surface area (Å²) < 4.78 is 0. The first kappa shape index (κ1) is 23.3. The molecule has 0 heterocycles. The molecule has 1 aromatic rings. The molecule has 0 radical (unpaired) electrons. The van der Waals surface area contributed by atoms with Gasteiger partial charge in [0, 0.05) is 18.6 Å². The van der Waals surface area contributed by atoms with Gasteiger partial charge >= 0.3 is 0 Å². The Kier molecular flexibility index (Phi) is 11.6. The van der Waals surface area contributed by atoms with E-state index in [1.165, 1.54) is 38.5 Å². The maximum atomic E-state index is 12.1. The third-order valence-electron chi connectivity index (χ3n) is 5.02. The van der Waals surface area contributed by atoms with Gasteiger partial charge in [-0.3, -0.25) is 4.79 Å². The molecule has 1 atom stereocenters. The number of carbonyl (C=O) groups is 1. The first-order valence-corrected chi connectivity index (χ1v) is 10.4. The summed E-state index contributed by atoms with van der Waals surface area (Å²) in [5.41, 5.74) is -0.0979. The summed E-state index contributed by atoms with van der Waals surface area (Å²) in [6.45, 7) is 2.02. The number of carbonyl (C=O) groups excluding carboxylic acids is 1. The number of phenolic OH excluding ortho intramolecular Hbond substituents is 3. The van der Waals surface area contributed by atoms with Crippen LogP contribution in [0, 0.1) is 0 Å². The minimum atomic E-state index is -0.373. The molecule has 0 unspecified atom stereocenters. The Bertz CT molecular complexity index is 533. The van der Waals surface area contributed by atoms with Crippen LogP contribution in [0.1, 0.15) is 101 Å². The fraction of sp³-hybridized carbons (Fsp3) is 0.682. The molecule has 154 valence electrons. The maximum Gasteiger partial charge on any atom is 0.170 e. The zero-order chi connectivity index (χ0) is 20.1. The summed E-state index contributed by atoms with van der Waals surface area (Å²) in [6.07, 6.45) is 13.2. The van der Waals surface area contributed by atoms with Crippen molar-refractivity contribution in [2.75, 3.05) is 0 Å². The summed E-state index contributed by atoms with van der Waals surface area (Å²) in [4.78, 5) is 12.1. The second-order valence-corrected chi connectivity index (χ2v) is 7.42. The predicted molar refractivity (Wildman–Crippen MR) is 107 cm³/mol. The van der Waals surface area contributed by atoms with E-state index in [0.717, 1.165) is 50.7 Å². The molecular weight excluding hydrogens is 344 g/mol. The summed E-state index contributed by atoms with van der Waals surface area (Å²) >= 11 is 0. The highest BCUT2D eigenvalue weighted by molar-refractivity contribution is 6.01. The SMILES string of the molecule is CC[C@H](O)CCCCCCCCCCCCC(=O)c1c(O)cc(O)cc1O. The van der Waals surface area contributed by atoms with Gasteiger partial charge in [-0.25, -0.2) is 0 Å². The normalized spacial score (nSPS) is 12.2. The lowest BCUT2D eigenvalue weighted by Gasteiger charge is -2.07. The average Bonchev–Trinajstić information content (AvgIpc) is 2.61. The summed E-state index contributed by atoms with van der Waals surface area (Å²) in [7, 11) is 0. The van der Waals surface area contributed by atoms with Gasteiger partial charge < -0.3 is 20.4 Å². The van der Waals surface area contributed by atoms with E-state index in [-0.39, 0.29) is 41.1 Å². The molecule has 27 heavy (non-hydrogen) atoms. The zero-order valence-corrected chi connectivity index (χ0v) is 16.6. The van der Waals surface area contributed by atoms with E-state index in [9.17, 15) is 25.2 Å². The van der Waals surface area contributed by atoms with Crippen LogP contribution in [-0.2, 0) is 0 Å². The molecule has 4 N–H and O–H groups in total. The Balaban J connectivity index is 2.01. The van der Waals surface area contributed by atoms with Crippen molar-refractivity contribution in [3.8, 4) is 17.2 Å². The van der Waals surface area contributed by atoms with Crippen LogP contribution in [0.4, 0.5) is 0 Å². The monoisotopic (exact) mass is 380 g/mol. The topological polar surface area (TPSA) is 98.0 Å². The van der Waals surface area contributed by atoms with Crippen LogP contribution in [0.25, 0.3) is 0 Å². The second-order valence-electron chi connectivity index (χ2n) is 7.42. The fourth-order valence-corrected chi connectivity index (χ4v) is 3.29. The van der Waals surface area contributed by atoms with Crippen LogP contribution in [0.15, 0.2) is 12.1 Å². The number of aliphatic hydroxyl groups excluding tert-OH is 1. The zero-order valence-electron chi connectivity index (χ0n) is 16.6. The summed E-state index contributed by atoms with van der Waals surface area (Å²) in [6, 6.07) is 2.14. The maximum absolute atomic E-state index is 12.1. The van der Waals surface area contributed by atoms with Crippen molar-refractivity contribution in [3.05, 3.63) is 17.7 Å². The third-order valence-corrected chi connectivity index (χ3v) is 5.02. The number of phenols is 3. The van der Waals surface area contributed by atoms with Crippen molar-refractivity contribution in [2.24, 2.45) is 0 Å². The van der Waals surface area contributed by atoms with Crippen molar-refractivity contribution in [3.63, 3.8) is 0 Å². The number of Topliss-reactive ketones (excluding diaryl/α,β-unsaturated/α-hetero) is 1. The van der Waals surface area contributed by atoms with Crippen LogP contribution in [0.2, 0.25) is 0 Å². The number of unbranched alkanes of at least 4 members (excludes halogenated alkanes) is 9. The first-order chi connectivity index (χ1) is 13.0. The van der Waals surface area contributed by atoms with Gasteiger partial charge in [0.15, 0.2) is 5.78 Å². The molecule has 0 fully saturated rings. The molecular formula is C22H36O5. The lowest BCUT2D eigenvalue weighted by atomic mass is 10.0. The molecule has 0 aliphatic carbocycles. The van der Waals surface area contributed by atoms with E-state index in [4.69, 9.17) is 0 Å². The quantitative estimate of drug-likeness (QED) is 0.240. The molecule has 1 rings (SSSR count). The number of aliphatic hydroxyl groups is 1. The molecule has 5 heteroatoms. The van der Waals surface area contributed by atoms with Gasteiger partial charge in [0.2, 0.25) is 0 Å². The van der Waals surface area contributed by atoms with Crippen molar-refractivity contribution in [1.29, 1.82) is 0 Å². The number of aromatic hydroxyl groups is 3. The van der Waals surface area contributed by atoms with Gasteiger partial charge in [-0.05, 0) is 19.3 Å². The lowest BCUT2D eigenvalue weighted by Crippen LogP contribution is -2.03. The molecule has 0 saturated heterocycles.